The average Bonchev–Trinajstić information content (AvgIpc) is 3.13. The van der Waals surface area contributed by atoms with E-state index in [-0.39, 0.29) is 37.6 Å². The van der Waals surface area contributed by atoms with Gasteiger partial charge < -0.3 is 5.32 Å². The fourth-order valence-electron chi connectivity index (χ4n) is 3.92. The third kappa shape index (κ3) is 5.22. The number of hydrogen-bond donors (Lipinski definition) is 1. The number of rotatable bonds is 8. The maximum Gasteiger partial charge on any atom is 0.263 e. The molecule has 11 heteroatoms. The number of nitrogens with zero attached hydrogens (tertiary/aromatic N) is 2. The lowest BCUT2D eigenvalue weighted by atomic mass is 10.1. The van der Waals surface area contributed by atoms with E-state index in [1.165, 1.54) is 11.8 Å². The molecule has 0 saturated heterocycles. The van der Waals surface area contributed by atoms with Crippen LogP contribution in [0.25, 0.3) is 0 Å². The summed E-state index contributed by atoms with van der Waals surface area (Å²) in [7, 11) is 0. The number of anilines is 1. The van der Waals surface area contributed by atoms with E-state index in [4.69, 9.17) is 46.4 Å². The molecule has 0 radical (unpaired) electrons. The Kier molecular flexibility index (Phi) is 8.48. The van der Waals surface area contributed by atoms with Gasteiger partial charge in [0.15, 0.2) is 0 Å². The Labute approximate surface area is 232 Å². The van der Waals surface area contributed by atoms with Crippen molar-refractivity contribution in [2.45, 2.75) is 18.9 Å². The van der Waals surface area contributed by atoms with E-state index in [0.717, 1.165) is 22.4 Å². The third-order valence-corrected chi connectivity index (χ3v) is 8.17. The van der Waals surface area contributed by atoms with Crippen LogP contribution in [0.2, 0.25) is 20.1 Å². The molecule has 0 spiro atoms. The number of pyridine rings is 1. The Balaban J connectivity index is 1.57. The fourth-order valence-corrected chi connectivity index (χ4v) is 5.40. The number of hydrogen-bond acceptors (Lipinski definition) is 5. The van der Waals surface area contributed by atoms with Crippen LogP contribution in [0.3, 0.4) is 0 Å². The van der Waals surface area contributed by atoms with Crippen LogP contribution in [0, 0.1) is 0 Å². The van der Waals surface area contributed by atoms with E-state index < -0.39 is 23.8 Å². The smallest absolute Gasteiger partial charge is 0.263 e. The molecule has 0 fully saturated rings. The summed E-state index contributed by atoms with van der Waals surface area (Å²) in [6, 6.07) is 10.1. The van der Waals surface area contributed by atoms with E-state index in [2.05, 4.69) is 10.3 Å². The first-order valence-electron chi connectivity index (χ1n) is 10.8. The number of halogens is 4. The van der Waals surface area contributed by atoms with Gasteiger partial charge in [0, 0.05) is 18.1 Å². The minimum atomic E-state index is -1.09. The number of imide groups is 1. The summed E-state index contributed by atoms with van der Waals surface area (Å²) >= 11 is 26.2. The lowest BCUT2D eigenvalue weighted by Crippen LogP contribution is -2.47. The van der Waals surface area contributed by atoms with Crippen LogP contribution in [-0.2, 0) is 11.2 Å². The van der Waals surface area contributed by atoms with Crippen LogP contribution in [-0.4, -0.2) is 45.7 Å². The van der Waals surface area contributed by atoms with Crippen molar-refractivity contribution < 1.29 is 14.4 Å². The molecule has 0 bridgehead atoms. The number of carbonyl (C=O) groups excluding carboxylic acids is 3. The number of fused-ring (bicyclic) bond motifs is 1. The molecule has 3 amide bonds. The highest BCUT2D eigenvalue weighted by molar-refractivity contribution is 7.98. The normalized spacial score (nSPS) is 13.6. The van der Waals surface area contributed by atoms with Gasteiger partial charge in [-0.25, -0.2) is 0 Å². The fraction of sp³-hybridized carbons (Fsp3) is 0.200. The van der Waals surface area contributed by atoms with Crippen molar-refractivity contribution in [2.24, 2.45) is 0 Å². The van der Waals surface area contributed by atoms with Crippen molar-refractivity contribution in [1.29, 1.82) is 0 Å². The van der Waals surface area contributed by atoms with Gasteiger partial charge in [0.25, 0.3) is 11.8 Å². The summed E-state index contributed by atoms with van der Waals surface area (Å²) < 4.78 is 0. The minimum Gasteiger partial charge on any atom is -0.324 e. The molecule has 0 aliphatic carbocycles. The zero-order valence-electron chi connectivity index (χ0n) is 18.9. The van der Waals surface area contributed by atoms with Crippen molar-refractivity contribution in [1.82, 2.24) is 9.88 Å². The highest BCUT2D eigenvalue weighted by atomic mass is 35.5. The minimum absolute atomic E-state index is 0.123. The Morgan fingerprint density at radius 1 is 0.889 bits per heavy atom. The zero-order valence-corrected chi connectivity index (χ0v) is 22.7. The third-order valence-electron chi connectivity index (χ3n) is 5.72. The molecule has 2 aromatic carbocycles. The molecule has 1 N–H and O–H groups in total. The Hall–Kier alpha value is -2.29. The highest BCUT2D eigenvalue weighted by Crippen LogP contribution is 2.45. The van der Waals surface area contributed by atoms with E-state index >= 15 is 0 Å². The predicted octanol–water partition coefficient (Wildman–Crippen LogP) is 6.64. The lowest BCUT2D eigenvalue weighted by molar-refractivity contribution is -0.120. The van der Waals surface area contributed by atoms with Gasteiger partial charge in [-0.2, -0.15) is 11.8 Å². The molecule has 0 saturated carbocycles. The van der Waals surface area contributed by atoms with Crippen molar-refractivity contribution in [2.75, 3.05) is 17.3 Å². The largest absolute Gasteiger partial charge is 0.324 e. The van der Waals surface area contributed by atoms with Crippen LogP contribution in [0.5, 0.6) is 0 Å². The number of thioether (sulfide) groups is 1. The van der Waals surface area contributed by atoms with E-state index in [1.54, 1.807) is 24.5 Å². The SMILES string of the molecule is CSCC[C@H](C(=O)Nc1ccc(Cc2ccncc2)cc1)N1C(=O)c2c(Cl)c(Cl)c(Cl)c(Cl)c2C1=O. The molecule has 36 heavy (non-hydrogen) atoms. The maximum absolute atomic E-state index is 13.3. The van der Waals surface area contributed by atoms with Crippen LogP contribution in [0.1, 0.15) is 38.3 Å². The van der Waals surface area contributed by atoms with Crippen LogP contribution >= 0.6 is 58.2 Å². The zero-order chi connectivity index (χ0) is 26.0. The standard InChI is InChI=1S/C25H19Cl4N3O3S/c1-36-11-8-16(32-24(34)17-18(25(32)35)20(27)22(29)21(28)19(17)26)23(33)31-15-4-2-13(3-5-15)12-14-6-9-30-10-7-14/h2-7,9-10,16H,8,11-12H2,1H3,(H,31,33)/t16-/m1/s1. The molecule has 1 aromatic heterocycles. The first kappa shape index (κ1) is 26.8. The summed E-state index contributed by atoms with van der Waals surface area (Å²) in [4.78, 5) is 44.8. The van der Waals surface area contributed by atoms with Gasteiger partial charge in [-0.3, -0.25) is 24.3 Å². The highest BCUT2D eigenvalue weighted by Gasteiger charge is 2.46. The van der Waals surface area contributed by atoms with Gasteiger partial charge in [-0.15, -0.1) is 0 Å². The number of nitrogens with one attached hydrogen (secondary N) is 1. The Morgan fingerprint density at radius 3 is 1.94 bits per heavy atom. The Bertz CT molecular complexity index is 1290. The van der Waals surface area contributed by atoms with Crippen LogP contribution in [0.15, 0.2) is 48.8 Å². The summed E-state index contributed by atoms with van der Waals surface area (Å²) in [6.45, 7) is 0. The van der Waals surface area contributed by atoms with Crippen molar-refractivity contribution in [3.63, 3.8) is 0 Å². The molecule has 1 atom stereocenters. The first-order chi connectivity index (χ1) is 17.2. The van der Waals surface area contributed by atoms with E-state index in [0.29, 0.717) is 11.4 Å². The summed E-state index contributed by atoms with van der Waals surface area (Å²) in [5.74, 6) is -1.46. The molecule has 1 aliphatic rings. The maximum atomic E-state index is 13.3. The van der Waals surface area contributed by atoms with Gasteiger partial charge in [0.2, 0.25) is 5.91 Å². The van der Waals surface area contributed by atoms with Gasteiger partial charge >= 0.3 is 0 Å². The summed E-state index contributed by atoms with van der Waals surface area (Å²) in [6.07, 6.45) is 6.29. The molecule has 2 heterocycles. The molecule has 4 rings (SSSR count). The summed E-state index contributed by atoms with van der Waals surface area (Å²) in [5.41, 5.74) is 2.40. The quantitative estimate of drug-likeness (QED) is 0.183. The predicted molar refractivity (Wildman–Crippen MR) is 146 cm³/mol. The monoisotopic (exact) mass is 581 g/mol. The number of amides is 3. The lowest BCUT2D eigenvalue weighted by Gasteiger charge is -2.25. The van der Waals surface area contributed by atoms with E-state index in [9.17, 15) is 14.4 Å². The van der Waals surface area contributed by atoms with E-state index in [1.807, 2.05) is 30.5 Å². The molecule has 6 nitrogen and oxygen atoms in total. The second kappa shape index (κ2) is 11.4. The van der Waals surface area contributed by atoms with Crippen LogP contribution in [0.4, 0.5) is 5.69 Å². The number of benzene rings is 2. The first-order valence-corrected chi connectivity index (χ1v) is 13.7. The molecular weight excluding hydrogens is 564 g/mol. The van der Waals surface area contributed by atoms with Gasteiger partial charge in [-0.05, 0) is 60.2 Å². The number of carbonyl (C=O) groups is 3. The van der Waals surface area contributed by atoms with Crippen molar-refractivity contribution >= 4 is 81.6 Å². The second-order valence-corrected chi connectivity index (χ2v) is 10.5. The van der Waals surface area contributed by atoms with Crippen molar-refractivity contribution in [3.05, 3.63) is 91.1 Å². The number of aromatic nitrogens is 1. The molecule has 3 aromatic rings. The van der Waals surface area contributed by atoms with Gasteiger partial charge in [0.05, 0.1) is 31.2 Å². The molecule has 1 aliphatic heterocycles. The van der Waals surface area contributed by atoms with Gasteiger partial charge in [-0.1, -0.05) is 58.5 Å². The molecule has 186 valence electrons. The van der Waals surface area contributed by atoms with Gasteiger partial charge in [0.1, 0.15) is 6.04 Å². The molecule has 0 unspecified atom stereocenters. The topological polar surface area (TPSA) is 79.4 Å². The Morgan fingerprint density at radius 2 is 1.42 bits per heavy atom. The van der Waals surface area contributed by atoms with Crippen LogP contribution < -0.4 is 5.32 Å². The van der Waals surface area contributed by atoms with Crippen molar-refractivity contribution in [3.8, 4) is 0 Å². The average molecular weight is 583 g/mol. The molecular formula is C25H19Cl4N3O3S. The second-order valence-electron chi connectivity index (χ2n) is 8.00. The summed E-state index contributed by atoms with van der Waals surface area (Å²) in [5, 5.41) is 2.23.